The van der Waals surface area contributed by atoms with E-state index in [2.05, 4.69) is 5.32 Å². The molecule has 0 aliphatic carbocycles. The standard InChI is InChI=1S/C16H10F6N2O2/c17-10-4-5-11(15(19)14(10)18)24-13(26)7-12(25)23-9-3-1-2-8(6-9)16(20,21)22/h1-6H,7H2,(H,23,25)(H,24,26). The first-order valence-corrected chi connectivity index (χ1v) is 6.98. The Morgan fingerprint density at radius 3 is 2.19 bits per heavy atom. The van der Waals surface area contributed by atoms with Crippen molar-refractivity contribution in [3.63, 3.8) is 0 Å². The number of amides is 2. The molecule has 4 nitrogen and oxygen atoms in total. The summed E-state index contributed by atoms with van der Waals surface area (Å²) in [5.74, 6) is -6.94. The van der Waals surface area contributed by atoms with Crippen LogP contribution >= 0.6 is 0 Å². The van der Waals surface area contributed by atoms with Gasteiger partial charge in [-0.05, 0) is 30.3 Å². The Kier molecular flexibility index (Phi) is 5.53. The number of hydrogen-bond donors (Lipinski definition) is 2. The van der Waals surface area contributed by atoms with Gasteiger partial charge in [0.25, 0.3) is 0 Å². The number of rotatable bonds is 4. The highest BCUT2D eigenvalue weighted by Crippen LogP contribution is 2.30. The Hall–Kier alpha value is -3.04. The van der Waals surface area contributed by atoms with Gasteiger partial charge in [-0.25, -0.2) is 13.2 Å². The number of hydrogen-bond acceptors (Lipinski definition) is 2. The monoisotopic (exact) mass is 376 g/mol. The lowest BCUT2D eigenvalue weighted by Gasteiger charge is -2.10. The van der Waals surface area contributed by atoms with Gasteiger partial charge in [-0.2, -0.15) is 13.2 Å². The zero-order valence-corrected chi connectivity index (χ0v) is 12.8. The van der Waals surface area contributed by atoms with Gasteiger partial charge in [-0.1, -0.05) is 6.07 Å². The molecule has 26 heavy (non-hydrogen) atoms. The van der Waals surface area contributed by atoms with Gasteiger partial charge in [0.15, 0.2) is 17.5 Å². The molecule has 0 bridgehead atoms. The van der Waals surface area contributed by atoms with Gasteiger partial charge < -0.3 is 10.6 Å². The molecule has 0 radical (unpaired) electrons. The summed E-state index contributed by atoms with van der Waals surface area (Å²) in [7, 11) is 0. The minimum atomic E-state index is -4.61. The fraction of sp³-hybridized carbons (Fsp3) is 0.125. The van der Waals surface area contributed by atoms with Gasteiger partial charge in [0.05, 0.1) is 11.3 Å². The molecule has 138 valence electrons. The van der Waals surface area contributed by atoms with Crippen molar-refractivity contribution in [2.24, 2.45) is 0 Å². The van der Waals surface area contributed by atoms with Crippen molar-refractivity contribution in [1.82, 2.24) is 0 Å². The third-order valence-corrected chi connectivity index (χ3v) is 3.10. The van der Waals surface area contributed by atoms with Gasteiger partial charge in [0, 0.05) is 5.69 Å². The topological polar surface area (TPSA) is 58.2 Å². The first-order valence-electron chi connectivity index (χ1n) is 6.98. The minimum absolute atomic E-state index is 0.198. The van der Waals surface area contributed by atoms with E-state index in [-0.39, 0.29) is 5.69 Å². The third-order valence-electron chi connectivity index (χ3n) is 3.10. The SMILES string of the molecule is O=C(CC(=O)Nc1ccc(F)c(F)c1F)Nc1cccc(C(F)(F)F)c1. The van der Waals surface area contributed by atoms with E-state index in [0.29, 0.717) is 12.1 Å². The van der Waals surface area contributed by atoms with Crippen molar-refractivity contribution in [2.75, 3.05) is 10.6 Å². The van der Waals surface area contributed by atoms with E-state index in [0.717, 1.165) is 18.2 Å². The molecule has 0 atom stereocenters. The number of benzene rings is 2. The van der Waals surface area contributed by atoms with Crippen molar-refractivity contribution in [2.45, 2.75) is 12.6 Å². The van der Waals surface area contributed by atoms with Crippen molar-refractivity contribution >= 4 is 23.2 Å². The number of alkyl halides is 3. The fourth-order valence-electron chi connectivity index (χ4n) is 1.94. The predicted octanol–water partition coefficient (Wildman–Crippen LogP) is 4.09. The summed E-state index contributed by atoms with van der Waals surface area (Å²) >= 11 is 0. The lowest BCUT2D eigenvalue weighted by atomic mass is 10.2. The molecule has 0 aromatic heterocycles. The maximum absolute atomic E-state index is 13.4. The molecule has 10 heteroatoms. The number of carbonyl (C=O) groups excluding carboxylic acids is 2. The predicted molar refractivity (Wildman–Crippen MR) is 79.6 cm³/mol. The highest BCUT2D eigenvalue weighted by molar-refractivity contribution is 6.08. The second-order valence-corrected chi connectivity index (χ2v) is 5.07. The maximum atomic E-state index is 13.4. The van der Waals surface area contributed by atoms with Crippen LogP contribution in [0.15, 0.2) is 36.4 Å². The van der Waals surface area contributed by atoms with E-state index in [4.69, 9.17) is 0 Å². The molecule has 0 heterocycles. The van der Waals surface area contributed by atoms with Crippen LogP contribution in [0.1, 0.15) is 12.0 Å². The summed E-state index contributed by atoms with van der Waals surface area (Å²) in [6, 6.07) is 5.06. The summed E-state index contributed by atoms with van der Waals surface area (Å²) in [6.45, 7) is 0. The summed E-state index contributed by atoms with van der Waals surface area (Å²) in [5, 5.41) is 3.95. The molecular formula is C16H10F6N2O2. The summed E-state index contributed by atoms with van der Waals surface area (Å²) < 4.78 is 77.0. The number of halogens is 6. The number of carbonyl (C=O) groups is 2. The molecule has 0 saturated heterocycles. The van der Waals surface area contributed by atoms with Gasteiger partial charge >= 0.3 is 6.18 Å². The second-order valence-electron chi connectivity index (χ2n) is 5.07. The van der Waals surface area contributed by atoms with Crippen LogP contribution in [0, 0.1) is 17.5 Å². The summed E-state index contributed by atoms with van der Waals surface area (Å²) in [5.41, 5.74) is -1.87. The number of anilines is 2. The highest BCUT2D eigenvalue weighted by Gasteiger charge is 2.30. The second kappa shape index (κ2) is 7.46. The van der Waals surface area contributed by atoms with Crippen LogP contribution in [0.2, 0.25) is 0 Å². The molecule has 2 amide bonds. The van der Waals surface area contributed by atoms with Crippen LogP contribution in [0.5, 0.6) is 0 Å². The van der Waals surface area contributed by atoms with E-state index in [1.807, 2.05) is 5.32 Å². The van der Waals surface area contributed by atoms with E-state index in [1.165, 1.54) is 6.07 Å². The van der Waals surface area contributed by atoms with Gasteiger partial charge in [-0.15, -0.1) is 0 Å². The summed E-state index contributed by atoms with van der Waals surface area (Å²) in [6.07, 6.45) is -5.49. The lowest BCUT2D eigenvalue weighted by molar-refractivity contribution is -0.137. The van der Waals surface area contributed by atoms with Crippen molar-refractivity contribution in [1.29, 1.82) is 0 Å². The summed E-state index contributed by atoms with van der Waals surface area (Å²) in [4.78, 5) is 23.4. The van der Waals surface area contributed by atoms with E-state index >= 15 is 0 Å². The van der Waals surface area contributed by atoms with Crippen LogP contribution in [0.4, 0.5) is 37.7 Å². The zero-order valence-electron chi connectivity index (χ0n) is 12.8. The molecule has 0 spiro atoms. The van der Waals surface area contributed by atoms with Crippen LogP contribution in [-0.2, 0) is 15.8 Å². The highest BCUT2D eigenvalue weighted by atomic mass is 19.4. The van der Waals surface area contributed by atoms with Crippen LogP contribution in [-0.4, -0.2) is 11.8 Å². The molecule has 2 aromatic carbocycles. The Labute approximate surface area is 142 Å². The molecule has 0 aliphatic heterocycles. The van der Waals surface area contributed by atoms with Crippen LogP contribution < -0.4 is 10.6 Å². The third kappa shape index (κ3) is 4.74. The average Bonchev–Trinajstić information content (AvgIpc) is 2.54. The average molecular weight is 376 g/mol. The smallest absolute Gasteiger partial charge is 0.326 e. The molecular weight excluding hydrogens is 366 g/mol. The van der Waals surface area contributed by atoms with Gasteiger partial charge in [0.1, 0.15) is 6.42 Å². The van der Waals surface area contributed by atoms with Crippen LogP contribution in [0.25, 0.3) is 0 Å². The van der Waals surface area contributed by atoms with Gasteiger partial charge in [0.2, 0.25) is 11.8 Å². The van der Waals surface area contributed by atoms with E-state index < -0.39 is 53.1 Å². The fourth-order valence-corrected chi connectivity index (χ4v) is 1.94. The molecule has 2 N–H and O–H groups in total. The van der Waals surface area contributed by atoms with E-state index in [9.17, 15) is 35.9 Å². The largest absolute Gasteiger partial charge is 0.416 e. The maximum Gasteiger partial charge on any atom is 0.416 e. The number of nitrogens with one attached hydrogen (secondary N) is 2. The molecule has 0 saturated carbocycles. The molecule has 0 fully saturated rings. The Morgan fingerprint density at radius 2 is 1.54 bits per heavy atom. The molecule has 0 aliphatic rings. The molecule has 2 aromatic rings. The first-order chi connectivity index (χ1) is 12.1. The lowest BCUT2D eigenvalue weighted by Crippen LogP contribution is -2.22. The Bertz CT molecular complexity index is 851. The van der Waals surface area contributed by atoms with Crippen molar-refractivity contribution in [3.8, 4) is 0 Å². The first kappa shape index (κ1) is 19.3. The van der Waals surface area contributed by atoms with Crippen LogP contribution in [0.3, 0.4) is 0 Å². The molecule has 0 unspecified atom stereocenters. The zero-order chi connectivity index (χ0) is 19.5. The molecule has 2 rings (SSSR count). The van der Waals surface area contributed by atoms with E-state index in [1.54, 1.807) is 0 Å². The van der Waals surface area contributed by atoms with Crippen molar-refractivity contribution in [3.05, 3.63) is 59.4 Å². The normalized spacial score (nSPS) is 11.2. The minimum Gasteiger partial charge on any atom is -0.326 e. The Balaban J connectivity index is 2.00. The van der Waals surface area contributed by atoms with Gasteiger partial charge in [-0.3, -0.25) is 9.59 Å². The quantitative estimate of drug-likeness (QED) is 0.480. The van der Waals surface area contributed by atoms with Crippen molar-refractivity contribution < 1.29 is 35.9 Å². The Morgan fingerprint density at radius 1 is 0.885 bits per heavy atom.